The molecule has 1 aromatic carbocycles. The smallest absolute Gasteiger partial charge is 0.231 e. The molecule has 0 aromatic heterocycles. The predicted molar refractivity (Wildman–Crippen MR) is 67.9 cm³/mol. The molecule has 0 spiro atoms. The number of hydrogen-bond acceptors (Lipinski definition) is 4. The molecule has 0 aliphatic carbocycles. The summed E-state index contributed by atoms with van der Waals surface area (Å²) in [5.74, 6) is -0.0268. The molecule has 0 fully saturated rings. The van der Waals surface area contributed by atoms with E-state index in [1.807, 2.05) is 0 Å². The van der Waals surface area contributed by atoms with Crippen LogP contribution in [0.15, 0.2) is 24.3 Å². The number of hydrogen-bond donors (Lipinski definition) is 1. The van der Waals surface area contributed by atoms with Crippen LogP contribution in [0.2, 0.25) is 0 Å². The topological polar surface area (TPSA) is 66.5 Å². The zero-order chi connectivity index (χ0) is 13.1. The van der Waals surface area contributed by atoms with Gasteiger partial charge in [0.05, 0.1) is 18.5 Å². The Hall–Kier alpha value is -1.40. The van der Waals surface area contributed by atoms with Crippen molar-refractivity contribution in [3.8, 4) is 0 Å². The van der Waals surface area contributed by atoms with Crippen molar-refractivity contribution < 1.29 is 13.2 Å². The van der Waals surface area contributed by atoms with Crippen LogP contribution in [0.4, 0.5) is 5.69 Å². The number of sulfonamides is 1. The van der Waals surface area contributed by atoms with E-state index < -0.39 is 10.0 Å². The summed E-state index contributed by atoms with van der Waals surface area (Å²) >= 11 is 0. The minimum absolute atomic E-state index is 0.0268. The van der Waals surface area contributed by atoms with Gasteiger partial charge < -0.3 is 5.32 Å². The highest BCUT2D eigenvalue weighted by atomic mass is 32.2. The Morgan fingerprint density at radius 1 is 1.29 bits per heavy atom. The highest BCUT2D eigenvalue weighted by Crippen LogP contribution is 2.16. The van der Waals surface area contributed by atoms with Crippen molar-refractivity contribution in [1.29, 1.82) is 0 Å². The fourth-order valence-corrected chi connectivity index (χ4v) is 1.82. The number of Topliss-reactive ketones (excluding diaryl/α,β-unsaturated/α-hetero) is 1. The predicted octanol–water partition coefficient (Wildman–Crippen LogP) is 0.484. The lowest BCUT2D eigenvalue weighted by atomic mass is 10.1. The number of nitrogens with one attached hydrogen (secondary N) is 1. The quantitative estimate of drug-likeness (QED) is 0.778. The average molecular weight is 256 g/mol. The fraction of sp³-hybridized carbons (Fsp3) is 0.364. The molecule has 17 heavy (non-hydrogen) atoms. The van der Waals surface area contributed by atoms with E-state index >= 15 is 0 Å². The van der Waals surface area contributed by atoms with Gasteiger partial charge >= 0.3 is 0 Å². The van der Waals surface area contributed by atoms with E-state index in [4.69, 9.17) is 0 Å². The van der Waals surface area contributed by atoms with Crippen LogP contribution in [-0.4, -0.2) is 41.1 Å². The van der Waals surface area contributed by atoms with E-state index in [1.54, 1.807) is 31.3 Å². The summed E-state index contributed by atoms with van der Waals surface area (Å²) in [6.45, 7) is 0.265. The van der Waals surface area contributed by atoms with Gasteiger partial charge in [0.2, 0.25) is 10.0 Å². The molecule has 0 aliphatic rings. The highest BCUT2D eigenvalue weighted by molar-refractivity contribution is 7.92. The fourth-order valence-electron chi connectivity index (χ4n) is 1.31. The molecule has 0 heterocycles. The molecule has 5 nitrogen and oxygen atoms in total. The van der Waals surface area contributed by atoms with Crippen LogP contribution in [0.25, 0.3) is 0 Å². The van der Waals surface area contributed by atoms with E-state index in [9.17, 15) is 13.2 Å². The van der Waals surface area contributed by atoms with Gasteiger partial charge in [0, 0.05) is 12.6 Å². The minimum atomic E-state index is -3.26. The SMILES string of the molecule is CNCC(=O)c1ccc(N(C)S(C)(=O)=O)cc1. The molecule has 1 rings (SSSR count). The van der Waals surface area contributed by atoms with Crippen molar-refractivity contribution in [2.45, 2.75) is 0 Å². The molecule has 0 bridgehead atoms. The molecule has 94 valence electrons. The Bertz CT molecular complexity index is 494. The summed E-state index contributed by atoms with van der Waals surface area (Å²) in [6, 6.07) is 6.47. The Kier molecular flexibility index (Phi) is 4.25. The maximum atomic E-state index is 11.5. The summed E-state index contributed by atoms with van der Waals surface area (Å²) in [6.07, 6.45) is 1.13. The largest absolute Gasteiger partial charge is 0.313 e. The highest BCUT2D eigenvalue weighted by Gasteiger charge is 2.12. The number of carbonyl (C=O) groups excluding carboxylic acids is 1. The van der Waals surface area contributed by atoms with Crippen molar-refractivity contribution >= 4 is 21.5 Å². The van der Waals surface area contributed by atoms with Crippen molar-refractivity contribution in [1.82, 2.24) is 5.32 Å². The zero-order valence-corrected chi connectivity index (χ0v) is 10.9. The zero-order valence-electron chi connectivity index (χ0n) is 10.1. The second-order valence-corrected chi connectivity index (χ2v) is 5.74. The number of benzene rings is 1. The van der Waals surface area contributed by atoms with E-state index in [2.05, 4.69) is 5.32 Å². The second-order valence-electron chi connectivity index (χ2n) is 3.73. The lowest BCUT2D eigenvalue weighted by molar-refractivity contribution is 0.0993. The minimum Gasteiger partial charge on any atom is -0.313 e. The van der Waals surface area contributed by atoms with Gasteiger partial charge in [-0.1, -0.05) is 0 Å². The van der Waals surface area contributed by atoms with Gasteiger partial charge in [-0.3, -0.25) is 9.10 Å². The Balaban J connectivity index is 2.92. The molecule has 1 N–H and O–H groups in total. The monoisotopic (exact) mass is 256 g/mol. The summed E-state index contributed by atoms with van der Waals surface area (Å²) < 4.78 is 23.8. The number of rotatable bonds is 5. The van der Waals surface area contributed by atoms with Gasteiger partial charge in [0.15, 0.2) is 5.78 Å². The van der Waals surface area contributed by atoms with Gasteiger partial charge in [-0.05, 0) is 31.3 Å². The van der Waals surface area contributed by atoms with Crippen molar-refractivity contribution in [2.75, 3.05) is 31.2 Å². The summed E-state index contributed by atoms with van der Waals surface area (Å²) in [5.41, 5.74) is 1.10. The van der Waals surface area contributed by atoms with Crippen LogP contribution in [0.3, 0.4) is 0 Å². The first-order chi connectivity index (χ1) is 7.86. The van der Waals surface area contributed by atoms with Gasteiger partial charge in [-0.25, -0.2) is 8.42 Å². The van der Waals surface area contributed by atoms with E-state index in [-0.39, 0.29) is 12.3 Å². The van der Waals surface area contributed by atoms with Crippen molar-refractivity contribution in [3.63, 3.8) is 0 Å². The van der Waals surface area contributed by atoms with Gasteiger partial charge in [-0.2, -0.15) is 0 Å². The van der Waals surface area contributed by atoms with E-state index in [1.165, 1.54) is 11.4 Å². The molecule has 0 aliphatic heterocycles. The summed E-state index contributed by atoms with van der Waals surface area (Å²) in [4.78, 5) is 11.5. The molecule has 0 saturated carbocycles. The first kappa shape index (κ1) is 13.7. The van der Waals surface area contributed by atoms with Crippen LogP contribution < -0.4 is 9.62 Å². The lowest BCUT2D eigenvalue weighted by Crippen LogP contribution is -2.25. The molecule has 6 heteroatoms. The third kappa shape index (κ3) is 3.54. The van der Waals surface area contributed by atoms with Gasteiger partial charge in [-0.15, -0.1) is 0 Å². The van der Waals surface area contributed by atoms with E-state index in [0.29, 0.717) is 11.3 Å². The van der Waals surface area contributed by atoms with Crippen molar-refractivity contribution in [3.05, 3.63) is 29.8 Å². The molecule has 0 radical (unpaired) electrons. The normalized spacial score (nSPS) is 11.2. The van der Waals surface area contributed by atoms with E-state index in [0.717, 1.165) is 6.26 Å². The van der Waals surface area contributed by atoms with Crippen LogP contribution in [0, 0.1) is 0 Å². The number of anilines is 1. The Morgan fingerprint density at radius 3 is 2.24 bits per heavy atom. The number of likely N-dealkylation sites (N-methyl/N-ethyl adjacent to an activating group) is 1. The second kappa shape index (κ2) is 5.29. The molecule has 1 aromatic rings. The lowest BCUT2D eigenvalue weighted by Gasteiger charge is -2.16. The summed E-state index contributed by atoms with van der Waals surface area (Å²) in [5, 5.41) is 2.77. The average Bonchev–Trinajstić information content (AvgIpc) is 2.27. The van der Waals surface area contributed by atoms with Crippen LogP contribution >= 0.6 is 0 Å². The first-order valence-corrected chi connectivity index (χ1v) is 6.93. The maximum absolute atomic E-state index is 11.5. The van der Waals surface area contributed by atoms with Crippen LogP contribution in [-0.2, 0) is 10.0 Å². The number of carbonyl (C=O) groups is 1. The molecule has 0 unspecified atom stereocenters. The summed E-state index contributed by atoms with van der Waals surface area (Å²) in [7, 11) is -0.0930. The third-order valence-electron chi connectivity index (χ3n) is 2.39. The standard InChI is InChI=1S/C11H16N2O3S/c1-12-8-11(14)9-4-6-10(7-5-9)13(2)17(3,15)16/h4-7,12H,8H2,1-3H3. The van der Waals surface area contributed by atoms with Crippen molar-refractivity contribution in [2.24, 2.45) is 0 Å². The molecule has 0 atom stereocenters. The molecular formula is C11H16N2O3S. The van der Waals surface area contributed by atoms with Crippen LogP contribution in [0.5, 0.6) is 0 Å². The van der Waals surface area contributed by atoms with Crippen LogP contribution in [0.1, 0.15) is 10.4 Å². The maximum Gasteiger partial charge on any atom is 0.231 e. The first-order valence-electron chi connectivity index (χ1n) is 5.08. The Morgan fingerprint density at radius 2 is 1.82 bits per heavy atom. The van der Waals surface area contributed by atoms with Gasteiger partial charge in [0.1, 0.15) is 0 Å². The number of nitrogens with zero attached hydrogens (tertiary/aromatic N) is 1. The third-order valence-corrected chi connectivity index (χ3v) is 3.59. The molecular weight excluding hydrogens is 240 g/mol. The number of ketones is 1. The van der Waals surface area contributed by atoms with Gasteiger partial charge in [0.25, 0.3) is 0 Å². The Labute approximate surface area is 101 Å². The molecule has 0 saturated heterocycles. The molecule has 0 amide bonds.